The lowest BCUT2D eigenvalue weighted by Crippen LogP contribution is -2.49. The molecule has 3 aromatic rings. The molecule has 7 nitrogen and oxygen atoms in total. The molecule has 1 amide bonds. The number of para-hydroxylation sites is 1. The van der Waals surface area contributed by atoms with Crippen LogP contribution in [0.1, 0.15) is 5.56 Å². The molecule has 1 aliphatic heterocycles. The van der Waals surface area contributed by atoms with Crippen molar-refractivity contribution < 1.29 is 13.2 Å². The molecule has 0 saturated carbocycles. The van der Waals surface area contributed by atoms with Crippen LogP contribution in [-0.2, 0) is 14.8 Å². The van der Waals surface area contributed by atoms with Gasteiger partial charge in [-0.05, 0) is 18.2 Å². The highest BCUT2D eigenvalue weighted by Crippen LogP contribution is 2.24. The highest BCUT2D eigenvalue weighted by atomic mass is 32.2. The summed E-state index contributed by atoms with van der Waals surface area (Å²) in [5.74, 6) is -0.139. The Morgan fingerprint density at radius 2 is 1.55 bits per heavy atom. The third-order valence-corrected chi connectivity index (χ3v) is 6.54. The lowest BCUT2D eigenvalue weighted by Gasteiger charge is -2.32. The highest BCUT2D eigenvalue weighted by molar-refractivity contribution is 7.88. The minimum atomic E-state index is -3.22. The molecule has 1 aliphatic rings. The van der Waals surface area contributed by atoms with Gasteiger partial charge in [0.1, 0.15) is 0 Å². The van der Waals surface area contributed by atoms with Crippen molar-refractivity contribution in [3.63, 3.8) is 0 Å². The summed E-state index contributed by atoms with van der Waals surface area (Å²) in [5.41, 5.74) is 3.52. The van der Waals surface area contributed by atoms with Gasteiger partial charge in [0, 0.05) is 49.6 Å². The van der Waals surface area contributed by atoms with Crippen molar-refractivity contribution in [3.05, 3.63) is 78.5 Å². The summed E-state index contributed by atoms with van der Waals surface area (Å²) >= 11 is 0. The van der Waals surface area contributed by atoms with Gasteiger partial charge in [-0.25, -0.2) is 13.1 Å². The van der Waals surface area contributed by atoms with Gasteiger partial charge in [0.25, 0.3) is 0 Å². The zero-order valence-electron chi connectivity index (χ0n) is 17.3. The molecule has 0 unspecified atom stereocenters. The quantitative estimate of drug-likeness (QED) is 0.577. The second-order valence-electron chi connectivity index (χ2n) is 7.40. The van der Waals surface area contributed by atoms with Gasteiger partial charge in [-0.1, -0.05) is 48.5 Å². The van der Waals surface area contributed by atoms with E-state index in [-0.39, 0.29) is 5.91 Å². The van der Waals surface area contributed by atoms with Crippen LogP contribution in [0.4, 0.5) is 0 Å². The third-order valence-electron chi connectivity index (χ3n) is 5.24. The smallest absolute Gasteiger partial charge is 0.246 e. The minimum Gasteiger partial charge on any atom is -0.337 e. The zero-order valence-corrected chi connectivity index (χ0v) is 18.1. The number of nitrogens with zero attached hydrogens (tertiary/aromatic N) is 4. The summed E-state index contributed by atoms with van der Waals surface area (Å²) in [5, 5.41) is 4.75. The van der Waals surface area contributed by atoms with E-state index in [9.17, 15) is 13.2 Å². The van der Waals surface area contributed by atoms with Gasteiger partial charge in [-0.2, -0.15) is 9.40 Å². The van der Waals surface area contributed by atoms with E-state index in [0.29, 0.717) is 26.2 Å². The van der Waals surface area contributed by atoms with E-state index >= 15 is 0 Å². The average molecular weight is 437 g/mol. The Labute approximate surface area is 182 Å². The van der Waals surface area contributed by atoms with E-state index in [1.54, 1.807) is 15.7 Å². The maximum absolute atomic E-state index is 12.7. The molecule has 0 bridgehead atoms. The van der Waals surface area contributed by atoms with Crippen molar-refractivity contribution in [1.82, 2.24) is 19.0 Å². The number of amides is 1. The van der Waals surface area contributed by atoms with Crippen LogP contribution in [0.3, 0.4) is 0 Å². The number of hydrogen-bond acceptors (Lipinski definition) is 4. The molecule has 1 fully saturated rings. The van der Waals surface area contributed by atoms with Crippen molar-refractivity contribution in [2.24, 2.45) is 0 Å². The van der Waals surface area contributed by atoms with Crippen LogP contribution in [-0.4, -0.2) is 65.7 Å². The highest BCUT2D eigenvalue weighted by Gasteiger charge is 2.25. The van der Waals surface area contributed by atoms with Crippen LogP contribution in [0, 0.1) is 0 Å². The first-order valence-electron chi connectivity index (χ1n) is 10.0. The molecule has 0 atom stereocenters. The second kappa shape index (κ2) is 8.87. The molecule has 4 rings (SSSR count). The molecule has 8 heteroatoms. The Balaban J connectivity index is 1.57. The summed E-state index contributed by atoms with van der Waals surface area (Å²) < 4.78 is 26.5. The van der Waals surface area contributed by atoms with E-state index in [1.165, 1.54) is 16.6 Å². The first-order chi connectivity index (χ1) is 14.9. The number of carbonyl (C=O) groups is 1. The average Bonchev–Trinajstić information content (AvgIpc) is 3.22. The maximum Gasteiger partial charge on any atom is 0.246 e. The second-order valence-corrected chi connectivity index (χ2v) is 9.38. The molecule has 2 aromatic carbocycles. The van der Waals surface area contributed by atoms with Gasteiger partial charge in [0.05, 0.1) is 17.6 Å². The van der Waals surface area contributed by atoms with Gasteiger partial charge >= 0.3 is 0 Å². The Bertz CT molecular complexity index is 1180. The zero-order chi connectivity index (χ0) is 21.8. The molecular weight excluding hydrogens is 412 g/mol. The van der Waals surface area contributed by atoms with Crippen molar-refractivity contribution in [3.8, 4) is 16.9 Å². The summed E-state index contributed by atoms with van der Waals surface area (Å²) in [6, 6.07) is 19.6. The lowest BCUT2D eigenvalue weighted by molar-refractivity contribution is -0.127. The van der Waals surface area contributed by atoms with E-state index < -0.39 is 10.0 Å². The Morgan fingerprint density at radius 3 is 2.16 bits per heavy atom. The van der Waals surface area contributed by atoms with Crippen LogP contribution in [0.25, 0.3) is 23.0 Å². The van der Waals surface area contributed by atoms with E-state index in [0.717, 1.165) is 22.5 Å². The predicted molar refractivity (Wildman–Crippen MR) is 121 cm³/mol. The van der Waals surface area contributed by atoms with Gasteiger partial charge in [0.15, 0.2) is 0 Å². The van der Waals surface area contributed by atoms with Crippen LogP contribution in [0.15, 0.2) is 72.9 Å². The summed E-state index contributed by atoms with van der Waals surface area (Å²) in [6.07, 6.45) is 6.41. The molecule has 31 heavy (non-hydrogen) atoms. The van der Waals surface area contributed by atoms with Crippen molar-refractivity contribution >= 4 is 22.0 Å². The number of sulfonamides is 1. The van der Waals surface area contributed by atoms with Gasteiger partial charge in [-0.15, -0.1) is 0 Å². The summed E-state index contributed by atoms with van der Waals surface area (Å²) in [7, 11) is -3.22. The fourth-order valence-electron chi connectivity index (χ4n) is 3.55. The molecule has 1 aromatic heterocycles. The monoisotopic (exact) mass is 436 g/mol. The predicted octanol–water partition coefficient (Wildman–Crippen LogP) is 2.66. The SMILES string of the molecule is CS(=O)(=O)N1CCN(C(=O)C=Cc2cn(-c3ccccc3)nc2-c2ccccc2)CC1. The molecule has 0 radical (unpaired) electrons. The molecule has 1 saturated heterocycles. The van der Waals surface area contributed by atoms with Crippen LogP contribution >= 0.6 is 0 Å². The van der Waals surface area contributed by atoms with Crippen LogP contribution < -0.4 is 0 Å². The molecule has 160 valence electrons. The number of rotatable bonds is 5. The lowest BCUT2D eigenvalue weighted by atomic mass is 10.1. The number of benzene rings is 2. The molecule has 0 spiro atoms. The standard InChI is InChI=1S/C23H24N4O3S/c1-31(29,30)26-16-14-25(15-17-26)22(28)13-12-20-18-27(21-10-6-3-7-11-21)24-23(20)19-8-4-2-5-9-19/h2-13,18H,14-17H2,1H3. The fraction of sp³-hybridized carbons (Fsp3) is 0.217. The number of aromatic nitrogens is 2. The molecule has 0 N–H and O–H groups in total. The summed E-state index contributed by atoms with van der Waals surface area (Å²) in [4.78, 5) is 14.4. The molecule has 0 aliphatic carbocycles. The van der Waals surface area contributed by atoms with E-state index in [4.69, 9.17) is 5.10 Å². The Morgan fingerprint density at radius 1 is 0.935 bits per heavy atom. The van der Waals surface area contributed by atoms with Crippen molar-refractivity contribution in [2.75, 3.05) is 32.4 Å². The normalized spacial score (nSPS) is 15.5. The maximum atomic E-state index is 12.7. The largest absolute Gasteiger partial charge is 0.337 e. The van der Waals surface area contributed by atoms with Gasteiger partial charge < -0.3 is 4.90 Å². The molecular formula is C23H24N4O3S. The van der Waals surface area contributed by atoms with Crippen LogP contribution in [0.5, 0.6) is 0 Å². The number of piperazine rings is 1. The first-order valence-corrected chi connectivity index (χ1v) is 11.9. The van der Waals surface area contributed by atoms with Crippen LogP contribution in [0.2, 0.25) is 0 Å². The van der Waals surface area contributed by atoms with Gasteiger partial charge in [-0.3, -0.25) is 4.79 Å². The Hall–Kier alpha value is -3.23. The topological polar surface area (TPSA) is 75.5 Å². The first kappa shape index (κ1) is 21.0. The number of carbonyl (C=O) groups excluding carboxylic acids is 1. The van der Waals surface area contributed by atoms with Crippen molar-refractivity contribution in [1.29, 1.82) is 0 Å². The minimum absolute atomic E-state index is 0.139. The van der Waals surface area contributed by atoms with E-state index in [1.807, 2.05) is 66.9 Å². The fourth-order valence-corrected chi connectivity index (χ4v) is 4.38. The van der Waals surface area contributed by atoms with Crippen molar-refractivity contribution in [2.45, 2.75) is 0 Å². The summed E-state index contributed by atoms with van der Waals surface area (Å²) in [6.45, 7) is 1.40. The van der Waals surface area contributed by atoms with Gasteiger partial charge in [0.2, 0.25) is 15.9 Å². The third kappa shape index (κ3) is 4.92. The number of hydrogen-bond donors (Lipinski definition) is 0. The Kier molecular flexibility index (Phi) is 6.01. The molecule has 2 heterocycles. The van der Waals surface area contributed by atoms with E-state index in [2.05, 4.69) is 0 Å².